The maximum Gasteiger partial charge on any atom is 0.390 e. The Bertz CT molecular complexity index is 825. The Labute approximate surface area is 137 Å². The second-order valence-corrected chi connectivity index (χ2v) is 5.32. The Morgan fingerprint density at radius 1 is 1.46 bits per heavy atom. The number of hydrogen-bond donors (Lipinski definition) is 2. The van der Waals surface area contributed by atoms with Crippen LogP contribution < -0.4 is 5.43 Å². The second-order valence-electron chi connectivity index (χ2n) is 5.32. The summed E-state index contributed by atoms with van der Waals surface area (Å²) < 4.78 is 1.42. The number of aromatic nitrogens is 2. The molecule has 126 valence electrons. The second kappa shape index (κ2) is 6.90. The zero-order valence-electron chi connectivity index (χ0n) is 13.5. The largest absolute Gasteiger partial charge is 0.507 e. The topological polar surface area (TPSA) is 123 Å². The highest BCUT2D eigenvalue weighted by atomic mass is 16.6. The minimum Gasteiger partial charge on any atom is -0.507 e. The Morgan fingerprint density at radius 3 is 2.79 bits per heavy atom. The number of phenolic OH excluding ortho intramolecular Hbond substituents is 1. The number of hydrazone groups is 1. The molecule has 9 nitrogen and oxygen atoms in total. The molecule has 1 heterocycles. The maximum atomic E-state index is 12.0. The van der Waals surface area contributed by atoms with Crippen molar-refractivity contribution in [3.63, 3.8) is 0 Å². The van der Waals surface area contributed by atoms with E-state index in [9.17, 15) is 20.0 Å². The molecule has 1 amide bonds. The lowest BCUT2D eigenvalue weighted by molar-refractivity contribution is -0.389. The van der Waals surface area contributed by atoms with E-state index in [1.54, 1.807) is 32.9 Å². The molecule has 9 heteroatoms. The molecule has 2 rings (SSSR count). The molecule has 0 saturated carbocycles. The van der Waals surface area contributed by atoms with Crippen molar-refractivity contribution < 1.29 is 14.8 Å². The first-order valence-electron chi connectivity index (χ1n) is 7.10. The van der Waals surface area contributed by atoms with Gasteiger partial charge in [-0.15, -0.1) is 0 Å². The van der Waals surface area contributed by atoms with E-state index in [0.717, 1.165) is 0 Å². The fourth-order valence-corrected chi connectivity index (χ4v) is 2.04. The lowest BCUT2D eigenvalue weighted by Gasteiger charge is -2.06. The predicted octanol–water partition coefficient (Wildman–Crippen LogP) is 1.92. The SMILES string of the molecule is C/C(Cn1nc([N+](=O)[O-])cc1C)=N/NC(=O)c1cccc(C)c1O. The zero-order chi connectivity index (χ0) is 17.9. The quantitative estimate of drug-likeness (QED) is 0.492. The third kappa shape index (κ3) is 3.75. The minimum atomic E-state index is -0.571. The monoisotopic (exact) mass is 331 g/mol. The van der Waals surface area contributed by atoms with Gasteiger partial charge in [0.2, 0.25) is 0 Å². The number of phenols is 1. The summed E-state index contributed by atoms with van der Waals surface area (Å²) in [5, 5.41) is 28.4. The molecule has 1 aromatic heterocycles. The molecule has 1 aromatic carbocycles. The van der Waals surface area contributed by atoms with Crippen LogP contribution in [-0.4, -0.2) is 31.4 Å². The van der Waals surface area contributed by atoms with Crippen LogP contribution in [-0.2, 0) is 6.54 Å². The van der Waals surface area contributed by atoms with Crippen LogP contribution in [0.4, 0.5) is 5.82 Å². The fourth-order valence-electron chi connectivity index (χ4n) is 2.04. The molecule has 0 fully saturated rings. The molecule has 0 saturated heterocycles. The molecule has 24 heavy (non-hydrogen) atoms. The Hall–Kier alpha value is -3.23. The van der Waals surface area contributed by atoms with E-state index < -0.39 is 10.8 Å². The number of benzene rings is 1. The van der Waals surface area contributed by atoms with Crippen LogP contribution in [0.5, 0.6) is 5.75 Å². The summed E-state index contributed by atoms with van der Waals surface area (Å²) in [5.74, 6) is -0.880. The first-order valence-corrected chi connectivity index (χ1v) is 7.10. The summed E-state index contributed by atoms with van der Waals surface area (Å²) in [6, 6.07) is 6.20. The summed E-state index contributed by atoms with van der Waals surface area (Å²) in [5.41, 5.74) is 4.17. The lowest BCUT2D eigenvalue weighted by Crippen LogP contribution is -2.21. The first-order chi connectivity index (χ1) is 11.3. The number of aryl methyl sites for hydroxylation is 2. The lowest BCUT2D eigenvalue weighted by atomic mass is 10.1. The van der Waals surface area contributed by atoms with Crippen LogP contribution >= 0.6 is 0 Å². The first kappa shape index (κ1) is 17.1. The zero-order valence-corrected chi connectivity index (χ0v) is 13.5. The Balaban J connectivity index is 2.07. The number of rotatable bonds is 5. The molecular formula is C15H17N5O4. The van der Waals surface area contributed by atoms with E-state index in [4.69, 9.17) is 0 Å². The van der Waals surface area contributed by atoms with Crippen molar-refractivity contribution in [3.8, 4) is 5.75 Å². The molecule has 0 radical (unpaired) electrons. The van der Waals surface area contributed by atoms with Gasteiger partial charge in [0.1, 0.15) is 12.3 Å². The molecule has 0 unspecified atom stereocenters. The summed E-state index contributed by atoms with van der Waals surface area (Å²) in [6.45, 7) is 5.23. The van der Waals surface area contributed by atoms with Gasteiger partial charge in [0.25, 0.3) is 5.91 Å². The van der Waals surface area contributed by atoms with E-state index in [1.807, 2.05) is 0 Å². The van der Waals surface area contributed by atoms with Crippen molar-refractivity contribution in [3.05, 3.63) is 51.2 Å². The van der Waals surface area contributed by atoms with Gasteiger partial charge < -0.3 is 15.2 Å². The third-order valence-electron chi connectivity index (χ3n) is 3.36. The molecule has 2 aromatic rings. The minimum absolute atomic E-state index is 0.0959. The van der Waals surface area contributed by atoms with Crippen LogP contribution in [0.3, 0.4) is 0 Å². The van der Waals surface area contributed by atoms with Gasteiger partial charge in [-0.3, -0.25) is 4.79 Å². The van der Waals surface area contributed by atoms with Crippen molar-refractivity contribution in [1.29, 1.82) is 0 Å². The third-order valence-corrected chi connectivity index (χ3v) is 3.36. The summed E-state index contributed by atoms with van der Waals surface area (Å²) in [6.07, 6.45) is 0. The number of carbonyl (C=O) groups excluding carboxylic acids is 1. The van der Waals surface area contributed by atoms with Crippen molar-refractivity contribution in [2.45, 2.75) is 27.3 Å². The van der Waals surface area contributed by atoms with Crippen LogP contribution in [0.2, 0.25) is 0 Å². The number of nitro groups is 1. The van der Waals surface area contributed by atoms with Gasteiger partial charge in [-0.2, -0.15) is 9.78 Å². The number of carbonyl (C=O) groups is 1. The molecule has 2 N–H and O–H groups in total. The van der Waals surface area contributed by atoms with Crippen molar-refractivity contribution in [2.24, 2.45) is 5.10 Å². The van der Waals surface area contributed by atoms with E-state index in [-0.39, 0.29) is 23.7 Å². The van der Waals surface area contributed by atoms with E-state index in [2.05, 4.69) is 15.6 Å². The van der Waals surface area contributed by atoms with Crippen LogP contribution in [0.1, 0.15) is 28.5 Å². The number of nitrogens with zero attached hydrogens (tertiary/aromatic N) is 4. The van der Waals surface area contributed by atoms with Crippen molar-refractivity contribution in [1.82, 2.24) is 15.2 Å². The molecule has 0 atom stereocenters. The standard InChI is InChI=1S/C15H17N5O4/c1-9-5-4-6-12(14(9)21)15(22)17-16-10(2)8-19-11(3)7-13(18-19)20(23)24/h4-7,21H,8H2,1-3H3,(H,17,22)/b16-10-. The van der Waals surface area contributed by atoms with Crippen LogP contribution in [0.15, 0.2) is 29.4 Å². The van der Waals surface area contributed by atoms with Gasteiger partial charge in [0.15, 0.2) is 0 Å². The predicted molar refractivity (Wildman–Crippen MR) is 87.0 cm³/mol. The Morgan fingerprint density at radius 2 is 2.17 bits per heavy atom. The highest BCUT2D eigenvalue weighted by Gasteiger charge is 2.16. The maximum absolute atomic E-state index is 12.0. The highest BCUT2D eigenvalue weighted by Crippen LogP contribution is 2.21. The van der Waals surface area contributed by atoms with Crippen molar-refractivity contribution in [2.75, 3.05) is 0 Å². The van der Waals surface area contributed by atoms with E-state index in [1.165, 1.54) is 16.8 Å². The summed E-state index contributed by atoms with van der Waals surface area (Å²) >= 11 is 0. The molecule has 0 aliphatic rings. The average molecular weight is 331 g/mol. The van der Waals surface area contributed by atoms with E-state index in [0.29, 0.717) is 17.0 Å². The number of amides is 1. The van der Waals surface area contributed by atoms with Crippen LogP contribution in [0, 0.1) is 24.0 Å². The summed E-state index contributed by atoms with van der Waals surface area (Å²) in [7, 11) is 0. The van der Waals surface area contributed by atoms with Gasteiger partial charge in [-0.25, -0.2) is 5.43 Å². The van der Waals surface area contributed by atoms with Gasteiger partial charge in [-0.1, -0.05) is 12.1 Å². The fraction of sp³-hybridized carbons (Fsp3) is 0.267. The molecule has 0 spiro atoms. The normalized spacial score (nSPS) is 11.4. The van der Waals surface area contributed by atoms with Gasteiger partial charge in [0.05, 0.1) is 28.1 Å². The number of para-hydroxylation sites is 1. The van der Waals surface area contributed by atoms with Gasteiger partial charge >= 0.3 is 5.82 Å². The van der Waals surface area contributed by atoms with E-state index >= 15 is 0 Å². The molecule has 0 aliphatic carbocycles. The van der Waals surface area contributed by atoms with Crippen molar-refractivity contribution >= 4 is 17.4 Å². The molecule has 0 aliphatic heterocycles. The summed E-state index contributed by atoms with van der Waals surface area (Å²) in [4.78, 5) is 22.2. The van der Waals surface area contributed by atoms with Gasteiger partial charge in [-0.05, 0) is 37.3 Å². The smallest absolute Gasteiger partial charge is 0.390 e. The molecule has 0 bridgehead atoms. The Kier molecular flexibility index (Phi) is 4.93. The average Bonchev–Trinajstić information content (AvgIpc) is 2.89. The number of hydrogen-bond acceptors (Lipinski definition) is 6. The number of nitrogens with one attached hydrogen (secondary N) is 1. The van der Waals surface area contributed by atoms with Gasteiger partial charge in [0, 0.05) is 0 Å². The number of aromatic hydroxyl groups is 1. The van der Waals surface area contributed by atoms with Crippen LogP contribution in [0.25, 0.3) is 0 Å². The highest BCUT2D eigenvalue weighted by molar-refractivity contribution is 5.97. The molecular weight excluding hydrogens is 314 g/mol.